The largest absolute Gasteiger partial charge is 0.329 e. The molecular weight excluding hydrogens is 192 g/mol. The number of hydrogen-bond donors (Lipinski definition) is 2. The van der Waals surface area contributed by atoms with Crippen molar-refractivity contribution < 1.29 is 0 Å². The number of rotatable bonds is 5. The van der Waals surface area contributed by atoms with Crippen LogP contribution in [0.15, 0.2) is 29.2 Å². The maximum atomic E-state index is 5.52. The molecule has 0 aliphatic carbocycles. The molecule has 78 valence electrons. The molecule has 0 bridgehead atoms. The molecule has 0 saturated carbocycles. The highest BCUT2D eigenvalue weighted by molar-refractivity contribution is 7.98. The maximum absolute atomic E-state index is 5.52. The van der Waals surface area contributed by atoms with Crippen molar-refractivity contribution in [1.82, 2.24) is 5.32 Å². The van der Waals surface area contributed by atoms with Gasteiger partial charge in [0.1, 0.15) is 0 Å². The van der Waals surface area contributed by atoms with E-state index >= 15 is 0 Å². The molecule has 1 aromatic carbocycles. The van der Waals surface area contributed by atoms with Crippen LogP contribution in [0.5, 0.6) is 0 Å². The maximum Gasteiger partial charge on any atom is 0.0208 e. The molecule has 0 aliphatic rings. The highest BCUT2D eigenvalue weighted by Gasteiger charge is 1.98. The molecule has 0 fully saturated rings. The van der Waals surface area contributed by atoms with E-state index in [4.69, 9.17) is 5.73 Å². The van der Waals surface area contributed by atoms with Crippen LogP contribution in [0, 0.1) is 0 Å². The molecule has 3 N–H and O–H groups in total. The zero-order valence-corrected chi connectivity index (χ0v) is 9.60. The lowest BCUT2D eigenvalue weighted by atomic mass is 10.2. The van der Waals surface area contributed by atoms with Crippen LogP contribution >= 0.6 is 11.8 Å². The minimum Gasteiger partial charge on any atom is -0.329 e. The van der Waals surface area contributed by atoms with Gasteiger partial charge < -0.3 is 11.1 Å². The quantitative estimate of drug-likeness (QED) is 0.728. The number of nitrogens with two attached hydrogens (primary N) is 1. The van der Waals surface area contributed by atoms with E-state index in [2.05, 4.69) is 42.8 Å². The molecule has 2 nitrogen and oxygen atoms in total. The molecule has 0 amide bonds. The predicted octanol–water partition coefficient (Wildman–Crippen LogP) is 1.85. The summed E-state index contributed by atoms with van der Waals surface area (Å²) < 4.78 is 0. The second-order valence-electron chi connectivity index (χ2n) is 3.37. The van der Waals surface area contributed by atoms with Crippen molar-refractivity contribution in [3.8, 4) is 0 Å². The number of thioether (sulfide) groups is 1. The Morgan fingerprint density at radius 1 is 1.36 bits per heavy atom. The van der Waals surface area contributed by atoms with Crippen molar-refractivity contribution in [3.05, 3.63) is 29.8 Å². The third kappa shape index (κ3) is 3.70. The third-order valence-corrected chi connectivity index (χ3v) is 2.91. The fourth-order valence-electron chi connectivity index (χ4n) is 1.12. The van der Waals surface area contributed by atoms with Crippen molar-refractivity contribution >= 4 is 11.8 Å². The number of benzene rings is 1. The van der Waals surface area contributed by atoms with Crippen LogP contribution in [-0.4, -0.2) is 18.8 Å². The van der Waals surface area contributed by atoms with Crippen LogP contribution < -0.4 is 11.1 Å². The fraction of sp³-hybridized carbons (Fsp3) is 0.455. The van der Waals surface area contributed by atoms with Gasteiger partial charge in [-0.3, -0.25) is 0 Å². The van der Waals surface area contributed by atoms with E-state index in [1.54, 1.807) is 11.8 Å². The second-order valence-corrected chi connectivity index (χ2v) is 4.25. The highest BCUT2D eigenvalue weighted by Crippen LogP contribution is 2.14. The lowest BCUT2D eigenvalue weighted by Gasteiger charge is -2.11. The average Bonchev–Trinajstić information content (AvgIpc) is 2.26. The Hall–Kier alpha value is -0.510. The Balaban J connectivity index is 2.43. The predicted molar refractivity (Wildman–Crippen MR) is 63.6 cm³/mol. The van der Waals surface area contributed by atoms with Gasteiger partial charge in [0.05, 0.1) is 0 Å². The Morgan fingerprint density at radius 3 is 2.50 bits per heavy atom. The summed E-state index contributed by atoms with van der Waals surface area (Å²) >= 11 is 1.77. The standard InChI is InChI=1S/C11H18N2S/c1-9(7-12)13-8-10-3-5-11(14-2)6-4-10/h3-6,9,13H,7-8,12H2,1-2H3/t9-/m0/s1. The van der Waals surface area contributed by atoms with Gasteiger partial charge in [-0.25, -0.2) is 0 Å². The van der Waals surface area contributed by atoms with Crippen LogP contribution in [0.25, 0.3) is 0 Å². The Kier molecular flexibility index (Phi) is 5.01. The van der Waals surface area contributed by atoms with E-state index in [1.165, 1.54) is 10.5 Å². The first-order valence-corrected chi connectivity index (χ1v) is 6.05. The topological polar surface area (TPSA) is 38.0 Å². The molecule has 1 atom stereocenters. The summed E-state index contributed by atoms with van der Waals surface area (Å²) in [5.41, 5.74) is 6.82. The van der Waals surface area contributed by atoms with Crippen molar-refractivity contribution in [2.24, 2.45) is 5.73 Å². The van der Waals surface area contributed by atoms with Gasteiger partial charge in [0.15, 0.2) is 0 Å². The first-order chi connectivity index (χ1) is 6.76. The van der Waals surface area contributed by atoms with Gasteiger partial charge in [0.25, 0.3) is 0 Å². The fourth-order valence-corrected chi connectivity index (χ4v) is 1.53. The summed E-state index contributed by atoms with van der Waals surface area (Å²) in [4.78, 5) is 1.31. The van der Waals surface area contributed by atoms with E-state index in [-0.39, 0.29) is 0 Å². The summed E-state index contributed by atoms with van der Waals surface area (Å²) in [5.74, 6) is 0. The van der Waals surface area contributed by atoms with E-state index in [0.717, 1.165) is 6.54 Å². The van der Waals surface area contributed by atoms with E-state index in [0.29, 0.717) is 12.6 Å². The van der Waals surface area contributed by atoms with Gasteiger partial charge in [-0.1, -0.05) is 12.1 Å². The van der Waals surface area contributed by atoms with E-state index in [1.807, 2.05) is 0 Å². The van der Waals surface area contributed by atoms with Crippen molar-refractivity contribution in [3.63, 3.8) is 0 Å². The lowest BCUT2D eigenvalue weighted by Crippen LogP contribution is -2.32. The molecule has 1 rings (SSSR count). The van der Waals surface area contributed by atoms with Gasteiger partial charge in [-0.15, -0.1) is 11.8 Å². The highest BCUT2D eigenvalue weighted by atomic mass is 32.2. The zero-order chi connectivity index (χ0) is 10.4. The minimum atomic E-state index is 0.384. The van der Waals surface area contributed by atoms with Crippen LogP contribution in [0.2, 0.25) is 0 Å². The summed E-state index contributed by atoms with van der Waals surface area (Å²) in [6.07, 6.45) is 2.09. The summed E-state index contributed by atoms with van der Waals surface area (Å²) in [6, 6.07) is 8.99. The Morgan fingerprint density at radius 2 is 2.00 bits per heavy atom. The molecule has 14 heavy (non-hydrogen) atoms. The minimum absolute atomic E-state index is 0.384. The molecule has 0 unspecified atom stereocenters. The van der Waals surface area contributed by atoms with Gasteiger partial charge in [0, 0.05) is 24.0 Å². The normalized spacial score (nSPS) is 12.8. The van der Waals surface area contributed by atoms with E-state index < -0.39 is 0 Å². The average molecular weight is 210 g/mol. The number of hydrogen-bond acceptors (Lipinski definition) is 3. The second kappa shape index (κ2) is 6.06. The van der Waals surface area contributed by atoms with Crippen LogP contribution in [0.3, 0.4) is 0 Å². The molecule has 0 saturated heterocycles. The van der Waals surface area contributed by atoms with Crippen molar-refractivity contribution in [2.45, 2.75) is 24.4 Å². The molecule has 0 aliphatic heterocycles. The van der Waals surface area contributed by atoms with Crippen molar-refractivity contribution in [2.75, 3.05) is 12.8 Å². The molecule has 0 heterocycles. The molecule has 3 heteroatoms. The van der Waals surface area contributed by atoms with E-state index in [9.17, 15) is 0 Å². The van der Waals surface area contributed by atoms with Gasteiger partial charge >= 0.3 is 0 Å². The summed E-state index contributed by atoms with van der Waals surface area (Å²) in [5, 5.41) is 3.35. The van der Waals surface area contributed by atoms with Crippen LogP contribution in [0.4, 0.5) is 0 Å². The van der Waals surface area contributed by atoms with Gasteiger partial charge in [-0.2, -0.15) is 0 Å². The van der Waals surface area contributed by atoms with Crippen LogP contribution in [0.1, 0.15) is 12.5 Å². The summed E-state index contributed by atoms with van der Waals surface area (Å²) in [7, 11) is 0. The molecule has 0 radical (unpaired) electrons. The lowest BCUT2D eigenvalue weighted by molar-refractivity contribution is 0.556. The Bertz CT molecular complexity index is 258. The third-order valence-electron chi connectivity index (χ3n) is 2.17. The van der Waals surface area contributed by atoms with Crippen molar-refractivity contribution in [1.29, 1.82) is 0 Å². The monoisotopic (exact) mass is 210 g/mol. The van der Waals surface area contributed by atoms with Gasteiger partial charge in [0.2, 0.25) is 0 Å². The van der Waals surface area contributed by atoms with Crippen LogP contribution in [-0.2, 0) is 6.54 Å². The first kappa shape index (κ1) is 11.6. The molecular formula is C11H18N2S. The first-order valence-electron chi connectivity index (χ1n) is 4.82. The summed E-state index contributed by atoms with van der Waals surface area (Å²) in [6.45, 7) is 3.67. The van der Waals surface area contributed by atoms with Gasteiger partial charge in [-0.05, 0) is 30.9 Å². The SMILES string of the molecule is CSc1ccc(CN[C@@H](C)CN)cc1. The zero-order valence-electron chi connectivity index (χ0n) is 8.79. The molecule has 0 aromatic heterocycles. The smallest absolute Gasteiger partial charge is 0.0208 e. The Labute approximate surface area is 90.3 Å². The number of nitrogens with one attached hydrogen (secondary N) is 1. The molecule has 1 aromatic rings. The molecule has 0 spiro atoms.